The highest BCUT2D eigenvalue weighted by atomic mass is 15.4. The van der Waals surface area contributed by atoms with Crippen LogP contribution in [-0.2, 0) is 0 Å². The van der Waals surface area contributed by atoms with Crippen LogP contribution >= 0.6 is 0 Å². The van der Waals surface area contributed by atoms with Crippen LogP contribution in [-0.4, -0.2) is 38.5 Å². The molecule has 1 aliphatic rings. The van der Waals surface area contributed by atoms with Crippen molar-refractivity contribution in [1.82, 2.24) is 21.5 Å². The van der Waals surface area contributed by atoms with Crippen LogP contribution in [0.3, 0.4) is 0 Å². The first-order chi connectivity index (χ1) is 14.2. The number of nitrogens with one attached hydrogen (secondary N) is 4. The second-order valence-electron chi connectivity index (χ2n) is 6.61. The van der Waals surface area contributed by atoms with Gasteiger partial charge < -0.3 is 10.6 Å². The van der Waals surface area contributed by atoms with Gasteiger partial charge in [-0.25, -0.2) is 10.4 Å². The fourth-order valence-electron chi connectivity index (χ4n) is 3.20. The number of hydrazone groups is 2. The Morgan fingerprint density at radius 1 is 1.03 bits per heavy atom. The van der Waals surface area contributed by atoms with Gasteiger partial charge in [-0.15, -0.1) is 0 Å². The first-order valence-corrected chi connectivity index (χ1v) is 9.43. The molecule has 0 saturated carbocycles. The minimum absolute atomic E-state index is 0.642. The minimum atomic E-state index is 0.642. The molecule has 0 radical (unpaired) electrons. The smallest absolute Gasteiger partial charge is 0.212 e. The average molecular weight is 385 g/mol. The maximum atomic E-state index is 4.32. The summed E-state index contributed by atoms with van der Waals surface area (Å²) < 4.78 is 0. The van der Waals surface area contributed by atoms with Crippen molar-refractivity contribution in [2.24, 2.45) is 15.2 Å². The fraction of sp³-hybridized carbons (Fsp3) is 0.136. The maximum Gasteiger partial charge on any atom is 0.212 e. The Kier molecular flexibility index (Phi) is 5.38. The Balaban J connectivity index is 1.67. The largest absolute Gasteiger partial charge is 0.374 e. The van der Waals surface area contributed by atoms with E-state index in [9.17, 15) is 0 Å². The van der Waals surface area contributed by atoms with Crippen molar-refractivity contribution in [3.8, 4) is 0 Å². The van der Waals surface area contributed by atoms with Crippen molar-refractivity contribution in [1.29, 1.82) is 0 Å². The van der Waals surface area contributed by atoms with Gasteiger partial charge in [-0.3, -0.25) is 5.43 Å². The number of hydrogen-bond donors (Lipinski definition) is 4. The summed E-state index contributed by atoms with van der Waals surface area (Å²) in [5.74, 6) is 1.36. The van der Waals surface area contributed by atoms with Crippen molar-refractivity contribution < 1.29 is 0 Å². The van der Waals surface area contributed by atoms with Crippen molar-refractivity contribution in [2.45, 2.75) is 0 Å². The summed E-state index contributed by atoms with van der Waals surface area (Å²) >= 11 is 0. The molecule has 0 fully saturated rings. The molecule has 4 N–H and O–H groups in total. The van der Waals surface area contributed by atoms with E-state index in [1.807, 2.05) is 24.4 Å². The number of fused-ring (bicyclic) bond motifs is 2. The molecule has 29 heavy (non-hydrogen) atoms. The van der Waals surface area contributed by atoms with Gasteiger partial charge in [-0.05, 0) is 33.7 Å². The molecule has 0 aliphatic carbocycles. The maximum absolute atomic E-state index is 4.32. The van der Waals surface area contributed by atoms with E-state index in [4.69, 9.17) is 0 Å². The van der Waals surface area contributed by atoms with E-state index in [0.29, 0.717) is 11.8 Å². The van der Waals surface area contributed by atoms with Gasteiger partial charge in [0.05, 0.1) is 19.0 Å². The summed E-state index contributed by atoms with van der Waals surface area (Å²) in [4.78, 5) is 4.27. The third-order valence-corrected chi connectivity index (χ3v) is 4.70. The van der Waals surface area contributed by atoms with E-state index in [-0.39, 0.29) is 0 Å². The molecular formula is C22H23N7. The molecule has 0 aromatic heterocycles. The van der Waals surface area contributed by atoms with Gasteiger partial charge >= 0.3 is 0 Å². The molecule has 3 aromatic rings. The van der Waals surface area contributed by atoms with E-state index < -0.39 is 0 Å². The van der Waals surface area contributed by atoms with Crippen LogP contribution in [0.2, 0.25) is 0 Å². The molecule has 146 valence electrons. The normalized spacial score (nSPS) is 13.8. The lowest BCUT2D eigenvalue weighted by Gasteiger charge is -2.08. The van der Waals surface area contributed by atoms with E-state index in [1.54, 1.807) is 13.3 Å². The number of benzene rings is 3. The molecular weight excluding hydrogens is 362 g/mol. The Bertz CT molecular complexity index is 1140. The van der Waals surface area contributed by atoms with E-state index in [0.717, 1.165) is 45.8 Å². The molecule has 0 saturated heterocycles. The second-order valence-corrected chi connectivity index (χ2v) is 6.61. The van der Waals surface area contributed by atoms with Gasteiger partial charge in [-0.1, -0.05) is 43.0 Å². The first-order valence-electron chi connectivity index (χ1n) is 9.43. The summed E-state index contributed by atoms with van der Waals surface area (Å²) in [6, 6.07) is 16.8. The molecule has 1 aliphatic heterocycles. The predicted molar refractivity (Wildman–Crippen MR) is 121 cm³/mol. The lowest BCUT2D eigenvalue weighted by molar-refractivity contribution is 0.791. The number of nitrogens with zero attached hydrogens (tertiary/aromatic N) is 3. The van der Waals surface area contributed by atoms with Crippen LogP contribution in [0.4, 0.5) is 0 Å². The topological polar surface area (TPSA) is 85.2 Å². The van der Waals surface area contributed by atoms with Gasteiger partial charge in [0.1, 0.15) is 5.82 Å². The number of guanidine groups is 1. The first kappa shape index (κ1) is 18.5. The molecule has 7 nitrogen and oxygen atoms in total. The fourth-order valence-corrected chi connectivity index (χ4v) is 3.20. The van der Waals surface area contributed by atoms with Crippen LogP contribution < -0.4 is 21.5 Å². The van der Waals surface area contributed by atoms with Crippen LogP contribution in [0.15, 0.2) is 76.1 Å². The molecule has 0 atom stereocenters. The molecule has 0 unspecified atom stereocenters. The third-order valence-electron chi connectivity index (χ3n) is 4.70. The van der Waals surface area contributed by atoms with Crippen molar-refractivity contribution in [2.75, 3.05) is 20.1 Å². The standard InChI is InChI=1S/C22H23N7/c1-15(23-2)28-26-13-18-7-3-5-16-12-21-17(11-20(16)18)6-4-8-19(21)14-27-29-22-24-9-10-25-22/h3-8,11-14,23,28H,1,9-10H2,2H3,(H2,24,25,29)/b26-13+,27-14+. The van der Waals surface area contributed by atoms with E-state index in [2.05, 4.69) is 73.6 Å². The third kappa shape index (κ3) is 4.19. The lowest BCUT2D eigenvalue weighted by Crippen LogP contribution is -2.30. The van der Waals surface area contributed by atoms with Crippen molar-refractivity contribution in [3.05, 3.63) is 72.1 Å². The number of hydrogen-bond acceptors (Lipinski definition) is 7. The summed E-state index contributed by atoms with van der Waals surface area (Å²) in [7, 11) is 1.79. The highest BCUT2D eigenvalue weighted by molar-refractivity contribution is 6.10. The highest BCUT2D eigenvalue weighted by Crippen LogP contribution is 2.26. The molecule has 1 heterocycles. The van der Waals surface area contributed by atoms with Gasteiger partial charge in [0.15, 0.2) is 0 Å². The van der Waals surface area contributed by atoms with Crippen LogP contribution in [0.25, 0.3) is 21.5 Å². The highest BCUT2D eigenvalue weighted by Gasteiger charge is 2.05. The Labute approximate surface area is 169 Å². The molecule has 3 aromatic carbocycles. The quantitative estimate of drug-likeness (QED) is 0.298. The van der Waals surface area contributed by atoms with Gasteiger partial charge in [0, 0.05) is 24.7 Å². The average Bonchev–Trinajstić information content (AvgIpc) is 3.26. The van der Waals surface area contributed by atoms with Crippen LogP contribution in [0.5, 0.6) is 0 Å². The van der Waals surface area contributed by atoms with Crippen LogP contribution in [0, 0.1) is 0 Å². The molecule has 0 bridgehead atoms. The van der Waals surface area contributed by atoms with E-state index >= 15 is 0 Å². The Morgan fingerprint density at radius 3 is 2.28 bits per heavy atom. The summed E-state index contributed by atoms with van der Waals surface area (Å²) in [6.45, 7) is 5.43. The monoisotopic (exact) mass is 385 g/mol. The zero-order valence-electron chi connectivity index (χ0n) is 16.2. The van der Waals surface area contributed by atoms with Gasteiger partial charge in [-0.2, -0.15) is 10.2 Å². The van der Waals surface area contributed by atoms with E-state index in [1.165, 1.54) is 0 Å². The lowest BCUT2D eigenvalue weighted by atomic mass is 9.97. The van der Waals surface area contributed by atoms with Crippen molar-refractivity contribution >= 4 is 39.9 Å². The van der Waals surface area contributed by atoms with Gasteiger partial charge in [0.2, 0.25) is 5.96 Å². The van der Waals surface area contributed by atoms with Crippen LogP contribution in [0.1, 0.15) is 11.1 Å². The number of rotatable bonds is 6. The molecule has 7 heteroatoms. The minimum Gasteiger partial charge on any atom is -0.374 e. The molecule has 4 rings (SSSR count). The summed E-state index contributed by atoms with van der Waals surface area (Å²) in [5.41, 5.74) is 7.89. The zero-order valence-corrected chi connectivity index (χ0v) is 16.2. The SMILES string of the molecule is C=C(NC)N/N=C/c1cccc2cc3c(/C=N/NC4=NCCN4)cccc3cc12. The Morgan fingerprint density at radius 2 is 1.69 bits per heavy atom. The van der Waals surface area contributed by atoms with Crippen molar-refractivity contribution in [3.63, 3.8) is 0 Å². The Hall–Kier alpha value is -3.87. The molecule has 0 amide bonds. The number of aliphatic imine (C=N–C) groups is 1. The summed E-state index contributed by atoms with van der Waals surface area (Å²) in [5, 5.41) is 19.2. The second kappa shape index (κ2) is 8.43. The van der Waals surface area contributed by atoms with Gasteiger partial charge in [0.25, 0.3) is 0 Å². The zero-order chi connectivity index (χ0) is 20.1. The summed E-state index contributed by atoms with van der Waals surface area (Å²) in [6.07, 6.45) is 3.64. The molecule has 0 spiro atoms. The predicted octanol–water partition coefficient (Wildman–Crippen LogP) is 2.49.